The zero-order valence-electron chi connectivity index (χ0n) is 13.2. The van der Waals surface area contributed by atoms with Crippen molar-refractivity contribution in [3.8, 4) is 11.3 Å². The van der Waals surface area contributed by atoms with E-state index in [0.717, 1.165) is 24.1 Å². The Morgan fingerprint density at radius 3 is 2.70 bits per heavy atom. The Balaban J connectivity index is 2.14. The zero-order chi connectivity index (χ0) is 16.8. The largest absolute Gasteiger partial charge is 0.480 e. The molecule has 0 spiro atoms. The van der Waals surface area contributed by atoms with Gasteiger partial charge in [-0.15, -0.1) is 0 Å². The van der Waals surface area contributed by atoms with Gasteiger partial charge in [-0.3, -0.25) is 9.78 Å². The summed E-state index contributed by atoms with van der Waals surface area (Å²) in [6.07, 6.45) is 2.07. The number of carboxylic acids is 1. The number of carboxylic acid groups (broad SMARTS) is 1. The van der Waals surface area contributed by atoms with Crippen molar-refractivity contribution in [2.45, 2.75) is 39.2 Å². The summed E-state index contributed by atoms with van der Waals surface area (Å²) in [5.74, 6) is -1.40. The minimum absolute atomic E-state index is 0.393. The molecule has 0 radical (unpaired) electrons. The molecule has 5 nitrogen and oxygen atoms in total. The molecule has 0 aliphatic heterocycles. The van der Waals surface area contributed by atoms with Crippen molar-refractivity contribution in [3.05, 3.63) is 40.2 Å². The molecule has 122 valence electrons. The summed E-state index contributed by atoms with van der Waals surface area (Å²) in [5.41, 5.74) is 2.81. The van der Waals surface area contributed by atoms with Gasteiger partial charge in [0.15, 0.2) is 0 Å². The Labute approximate surface area is 139 Å². The van der Waals surface area contributed by atoms with Crippen LogP contribution in [0, 0.1) is 6.92 Å². The molecule has 2 N–H and O–H groups in total. The van der Waals surface area contributed by atoms with Crippen LogP contribution in [0.25, 0.3) is 11.3 Å². The van der Waals surface area contributed by atoms with Crippen LogP contribution in [0.2, 0.25) is 0 Å². The van der Waals surface area contributed by atoms with E-state index in [4.69, 9.17) is 0 Å². The van der Waals surface area contributed by atoms with Crippen LogP contribution in [0.4, 0.5) is 0 Å². The monoisotopic (exact) mass is 332 g/mol. The molecule has 1 amide bonds. The molecular formula is C17H20N2O3S. The van der Waals surface area contributed by atoms with Crippen molar-refractivity contribution < 1.29 is 14.7 Å². The zero-order valence-corrected chi connectivity index (χ0v) is 14.0. The molecule has 0 aliphatic carbocycles. The maximum Gasteiger partial charge on any atom is 0.326 e. The van der Waals surface area contributed by atoms with E-state index in [2.05, 4.69) is 10.3 Å². The maximum atomic E-state index is 12.3. The highest BCUT2D eigenvalue weighted by atomic mass is 32.1. The van der Waals surface area contributed by atoms with Gasteiger partial charge in [0.1, 0.15) is 6.04 Å². The number of amides is 1. The number of aryl methyl sites for hydroxylation is 1. The van der Waals surface area contributed by atoms with Crippen LogP contribution in [-0.2, 0) is 4.79 Å². The SMILES string of the molecule is CCCC[C@H](NC(=O)c1ccc(-c2ccsc2)nc1C)C(=O)O. The van der Waals surface area contributed by atoms with Crippen molar-refractivity contribution >= 4 is 23.2 Å². The maximum absolute atomic E-state index is 12.3. The number of thiophene rings is 1. The molecule has 0 fully saturated rings. The number of rotatable bonds is 7. The summed E-state index contributed by atoms with van der Waals surface area (Å²) in [6, 6.07) is 4.59. The van der Waals surface area contributed by atoms with Crippen LogP contribution in [0.15, 0.2) is 29.0 Å². The normalized spacial score (nSPS) is 11.9. The Morgan fingerprint density at radius 1 is 1.35 bits per heavy atom. The van der Waals surface area contributed by atoms with Crippen molar-refractivity contribution in [1.29, 1.82) is 0 Å². The van der Waals surface area contributed by atoms with Gasteiger partial charge < -0.3 is 10.4 Å². The number of nitrogens with zero attached hydrogens (tertiary/aromatic N) is 1. The van der Waals surface area contributed by atoms with Crippen molar-refractivity contribution in [2.75, 3.05) is 0 Å². The molecule has 6 heteroatoms. The minimum Gasteiger partial charge on any atom is -0.480 e. The van der Waals surface area contributed by atoms with Crippen LogP contribution >= 0.6 is 11.3 Å². The van der Waals surface area contributed by atoms with Crippen molar-refractivity contribution in [3.63, 3.8) is 0 Å². The highest BCUT2D eigenvalue weighted by molar-refractivity contribution is 7.08. The Bertz CT molecular complexity index is 683. The van der Waals surface area contributed by atoms with Crippen LogP contribution in [0.3, 0.4) is 0 Å². The number of aliphatic carboxylic acids is 1. The van der Waals surface area contributed by atoms with E-state index in [1.165, 1.54) is 0 Å². The molecule has 0 unspecified atom stereocenters. The molecule has 0 aliphatic rings. The summed E-state index contributed by atoms with van der Waals surface area (Å²) in [4.78, 5) is 28.0. The van der Waals surface area contributed by atoms with Crippen molar-refractivity contribution in [1.82, 2.24) is 10.3 Å². The minimum atomic E-state index is -1.01. The number of aromatic nitrogens is 1. The molecule has 2 rings (SSSR count). The van der Waals surface area contributed by atoms with Gasteiger partial charge in [-0.2, -0.15) is 11.3 Å². The number of unbranched alkanes of at least 4 members (excludes halogenated alkanes) is 1. The predicted octanol–water partition coefficient (Wildman–Crippen LogP) is 3.49. The van der Waals surface area contributed by atoms with Gasteiger partial charge in [-0.05, 0) is 36.9 Å². The summed E-state index contributed by atoms with van der Waals surface area (Å²) in [5, 5.41) is 15.8. The fraction of sp³-hybridized carbons (Fsp3) is 0.353. The lowest BCUT2D eigenvalue weighted by atomic mass is 10.1. The first-order valence-corrected chi connectivity index (χ1v) is 8.51. The van der Waals surface area contributed by atoms with Crippen molar-refractivity contribution in [2.24, 2.45) is 0 Å². The Hall–Kier alpha value is -2.21. The number of carbonyl (C=O) groups excluding carboxylic acids is 1. The fourth-order valence-electron chi connectivity index (χ4n) is 2.27. The molecule has 2 aromatic rings. The van der Waals surface area contributed by atoms with Crippen LogP contribution in [0.5, 0.6) is 0 Å². The van der Waals surface area contributed by atoms with Gasteiger partial charge in [-0.25, -0.2) is 4.79 Å². The van der Waals surface area contributed by atoms with Crippen LogP contribution in [0.1, 0.15) is 42.2 Å². The molecule has 23 heavy (non-hydrogen) atoms. The van der Waals surface area contributed by atoms with E-state index in [1.807, 2.05) is 23.8 Å². The lowest BCUT2D eigenvalue weighted by Crippen LogP contribution is -2.41. The van der Waals surface area contributed by atoms with E-state index in [0.29, 0.717) is 17.7 Å². The average molecular weight is 332 g/mol. The average Bonchev–Trinajstić information content (AvgIpc) is 3.05. The summed E-state index contributed by atoms with van der Waals surface area (Å²) < 4.78 is 0. The summed E-state index contributed by atoms with van der Waals surface area (Å²) in [7, 11) is 0. The molecule has 0 saturated carbocycles. The number of carbonyl (C=O) groups is 2. The predicted molar refractivity (Wildman–Crippen MR) is 90.7 cm³/mol. The standard InChI is InChI=1S/C17H20N2O3S/c1-3-4-5-15(17(21)22)19-16(20)13-6-7-14(18-11(13)2)12-8-9-23-10-12/h6-10,15H,3-5H2,1-2H3,(H,19,20)(H,21,22)/t15-/m0/s1. The third-order valence-electron chi connectivity index (χ3n) is 3.60. The van der Waals surface area contributed by atoms with Gasteiger partial charge in [0, 0.05) is 10.9 Å². The topological polar surface area (TPSA) is 79.3 Å². The lowest BCUT2D eigenvalue weighted by Gasteiger charge is -2.15. The van der Waals surface area contributed by atoms with Gasteiger partial charge >= 0.3 is 5.97 Å². The second-order valence-corrected chi connectivity index (χ2v) is 6.13. The summed E-state index contributed by atoms with van der Waals surface area (Å²) >= 11 is 1.59. The Kier molecular flexibility index (Phi) is 5.87. The fourth-order valence-corrected chi connectivity index (χ4v) is 2.92. The number of hydrogen-bond donors (Lipinski definition) is 2. The highest BCUT2D eigenvalue weighted by Crippen LogP contribution is 2.21. The smallest absolute Gasteiger partial charge is 0.326 e. The van der Waals surface area contributed by atoms with Gasteiger partial charge in [0.2, 0.25) is 0 Å². The first-order chi connectivity index (χ1) is 11.0. The van der Waals surface area contributed by atoms with Gasteiger partial charge in [0.25, 0.3) is 5.91 Å². The summed E-state index contributed by atoms with van der Waals surface area (Å²) in [6.45, 7) is 3.74. The number of hydrogen-bond acceptors (Lipinski definition) is 4. The quantitative estimate of drug-likeness (QED) is 0.813. The molecule has 2 aromatic heterocycles. The Morgan fingerprint density at radius 2 is 2.13 bits per heavy atom. The van der Waals surface area contributed by atoms with E-state index < -0.39 is 17.9 Å². The van der Waals surface area contributed by atoms with Gasteiger partial charge in [-0.1, -0.05) is 19.8 Å². The molecule has 0 bridgehead atoms. The highest BCUT2D eigenvalue weighted by Gasteiger charge is 2.21. The van der Waals surface area contributed by atoms with E-state index in [9.17, 15) is 14.7 Å². The molecule has 0 aromatic carbocycles. The molecular weight excluding hydrogens is 312 g/mol. The van der Waals surface area contributed by atoms with E-state index >= 15 is 0 Å². The second-order valence-electron chi connectivity index (χ2n) is 5.35. The first kappa shape index (κ1) is 17.1. The molecule has 1 atom stereocenters. The first-order valence-electron chi connectivity index (χ1n) is 7.56. The van der Waals surface area contributed by atoms with E-state index in [-0.39, 0.29) is 0 Å². The second kappa shape index (κ2) is 7.87. The van der Waals surface area contributed by atoms with Gasteiger partial charge in [0.05, 0.1) is 17.0 Å². The molecule has 0 saturated heterocycles. The number of pyridine rings is 1. The lowest BCUT2D eigenvalue weighted by molar-refractivity contribution is -0.139. The number of nitrogens with one attached hydrogen (secondary N) is 1. The van der Waals surface area contributed by atoms with Crippen LogP contribution in [-0.4, -0.2) is 28.0 Å². The van der Waals surface area contributed by atoms with Crippen LogP contribution < -0.4 is 5.32 Å². The van der Waals surface area contributed by atoms with E-state index in [1.54, 1.807) is 30.4 Å². The molecule has 2 heterocycles. The third-order valence-corrected chi connectivity index (χ3v) is 4.28. The third kappa shape index (κ3) is 4.39.